The van der Waals surface area contributed by atoms with E-state index in [1.807, 2.05) is 0 Å². The summed E-state index contributed by atoms with van der Waals surface area (Å²) in [6.45, 7) is -0.174. The zero-order chi connectivity index (χ0) is 23.9. The van der Waals surface area contributed by atoms with E-state index in [4.69, 9.17) is 18.9 Å². The molecule has 2 heterocycles. The summed E-state index contributed by atoms with van der Waals surface area (Å²) in [5, 5.41) is 0. The monoisotopic (exact) mass is 463 g/mol. The van der Waals surface area contributed by atoms with Crippen molar-refractivity contribution in [1.29, 1.82) is 0 Å². The summed E-state index contributed by atoms with van der Waals surface area (Å²) < 4.78 is 60.2. The predicted octanol–water partition coefficient (Wildman–Crippen LogP) is 4.06. The number of cyclic esters (lactones) is 1. The number of amides is 1. The van der Waals surface area contributed by atoms with E-state index < -0.39 is 29.5 Å². The maximum absolute atomic E-state index is 13.2. The van der Waals surface area contributed by atoms with Crippen molar-refractivity contribution < 1.29 is 41.7 Å². The zero-order valence-electron chi connectivity index (χ0n) is 18.0. The van der Waals surface area contributed by atoms with E-state index in [0.717, 1.165) is 12.1 Å². The van der Waals surface area contributed by atoms with Gasteiger partial charge in [0.1, 0.15) is 12.4 Å². The van der Waals surface area contributed by atoms with Gasteiger partial charge < -0.3 is 18.9 Å². The highest BCUT2D eigenvalue weighted by Gasteiger charge is 2.44. The molecule has 0 aromatic heterocycles. The normalized spacial score (nSPS) is 18.2. The molecule has 174 valence electrons. The van der Waals surface area contributed by atoms with Gasteiger partial charge in [-0.15, -0.1) is 0 Å². The number of rotatable bonds is 5. The molecule has 0 saturated carbocycles. The predicted molar refractivity (Wildman–Crippen MR) is 110 cm³/mol. The Labute approximate surface area is 187 Å². The van der Waals surface area contributed by atoms with Gasteiger partial charge in [0.05, 0.1) is 38.2 Å². The zero-order valence-corrected chi connectivity index (χ0v) is 18.0. The van der Waals surface area contributed by atoms with Gasteiger partial charge in [0.25, 0.3) is 0 Å². The van der Waals surface area contributed by atoms with Crippen LogP contribution in [0, 0.1) is 0 Å². The summed E-state index contributed by atoms with van der Waals surface area (Å²) in [5.41, 5.74) is 0.452. The Morgan fingerprint density at radius 2 is 1.55 bits per heavy atom. The van der Waals surface area contributed by atoms with E-state index in [2.05, 4.69) is 0 Å². The van der Waals surface area contributed by atoms with Crippen LogP contribution in [0.5, 0.6) is 17.2 Å². The molecule has 0 unspecified atom stereocenters. The Hall–Kier alpha value is -3.69. The van der Waals surface area contributed by atoms with Crippen LogP contribution >= 0.6 is 0 Å². The van der Waals surface area contributed by atoms with Gasteiger partial charge in [0.2, 0.25) is 5.91 Å². The summed E-state index contributed by atoms with van der Waals surface area (Å²) >= 11 is 0. The number of hydrogen-bond donors (Lipinski definition) is 0. The van der Waals surface area contributed by atoms with Gasteiger partial charge in [-0.1, -0.05) is 0 Å². The molecule has 0 N–H and O–H groups in total. The van der Waals surface area contributed by atoms with Crippen LogP contribution in [0.2, 0.25) is 0 Å². The number of halogens is 3. The lowest BCUT2D eigenvalue weighted by atomic mass is 9.83. The summed E-state index contributed by atoms with van der Waals surface area (Å²) in [6.07, 6.45) is -4.63. The molecule has 1 atom stereocenters. The number of anilines is 1. The molecule has 2 aliphatic heterocycles. The Morgan fingerprint density at radius 1 is 0.939 bits per heavy atom. The fraction of sp³-hybridized carbons (Fsp3) is 0.304. The van der Waals surface area contributed by atoms with E-state index in [9.17, 15) is 22.8 Å². The van der Waals surface area contributed by atoms with Crippen LogP contribution in [0.15, 0.2) is 47.7 Å². The molecule has 33 heavy (non-hydrogen) atoms. The Kier molecular flexibility index (Phi) is 5.69. The third-order valence-electron chi connectivity index (χ3n) is 5.68. The fourth-order valence-corrected chi connectivity index (χ4v) is 4.14. The van der Waals surface area contributed by atoms with E-state index >= 15 is 0 Å². The van der Waals surface area contributed by atoms with E-state index in [-0.39, 0.29) is 30.0 Å². The molecule has 10 heteroatoms. The number of alkyl halides is 3. The van der Waals surface area contributed by atoms with Crippen molar-refractivity contribution in [3.8, 4) is 17.2 Å². The van der Waals surface area contributed by atoms with E-state index in [0.29, 0.717) is 22.8 Å². The Morgan fingerprint density at radius 3 is 2.12 bits per heavy atom. The van der Waals surface area contributed by atoms with Gasteiger partial charge in [-0.25, -0.2) is 4.79 Å². The highest BCUT2D eigenvalue weighted by molar-refractivity contribution is 6.06. The topological polar surface area (TPSA) is 74.3 Å². The molecular formula is C23H20F3NO6. The molecular weight excluding hydrogens is 443 g/mol. The number of carbonyl (C=O) groups excluding carboxylic acids is 2. The first kappa shape index (κ1) is 22.5. The summed E-state index contributed by atoms with van der Waals surface area (Å²) in [4.78, 5) is 27.1. The summed E-state index contributed by atoms with van der Waals surface area (Å²) in [7, 11) is 4.38. The van der Waals surface area contributed by atoms with Gasteiger partial charge in [-0.05, 0) is 30.3 Å². The standard InChI is InChI=1S/C23H20F3NO6/c1-30-17-10-19(32-3)18(31-2)8-14(17)15-9-20(28)27(16-11-33-22(29)21(15)16)13-6-4-12(5-7-13)23(24,25)26/h4-8,10,15H,9,11H2,1-3H3/t15-/m1/s1. The molecule has 0 fully saturated rings. The van der Waals surface area contributed by atoms with Crippen molar-refractivity contribution in [1.82, 2.24) is 0 Å². The molecule has 0 radical (unpaired) electrons. The lowest BCUT2D eigenvalue weighted by Crippen LogP contribution is -2.37. The minimum absolute atomic E-state index is 0.124. The molecule has 1 amide bonds. The SMILES string of the molecule is COc1cc(OC)c([C@H]2CC(=O)N(c3ccc(C(F)(F)F)cc3)C3=C2C(=O)OC3)cc1OC. The second-order valence-corrected chi connectivity index (χ2v) is 7.42. The number of esters is 1. The summed E-state index contributed by atoms with van der Waals surface area (Å²) in [5.74, 6) is -0.498. The van der Waals surface area contributed by atoms with Crippen LogP contribution in [0.25, 0.3) is 0 Å². The van der Waals surface area contributed by atoms with Crippen molar-refractivity contribution in [2.45, 2.75) is 18.5 Å². The Bertz CT molecular complexity index is 1140. The van der Waals surface area contributed by atoms with Crippen LogP contribution in [-0.2, 0) is 20.5 Å². The molecule has 2 aromatic rings. The van der Waals surface area contributed by atoms with Gasteiger partial charge in [0, 0.05) is 29.7 Å². The third kappa shape index (κ3) is 3.85. The largest absolute Gasteiger partial charge is 0.496 e. The number of ether oxygens (including phenoxy) is 4. The van der Waals surface area contributed by atoms with E-state index in [1.54, 1.807) is 12.1 Å². The first-order chi connectivity index (χ1) is 15.7. The van der Waals surface area contributed by atoms with Crippen molar-refractivity contribution in [2.75, 3.05) is 32.8 Å². The number of hydrogen-bond acceptors (Lipinski definition) is 6. The quantitative estimate of drug-likeness (QED) is 0.623. The van der Waals surface area contributed by atoms with Crippen molar-refractivity contribution in [3.63, 3.8) is 0 Å². The Balaban J connectivity index is 1.82. The molecule has 4 rings (SSSR count). The first-order valence-electron chi connectivity index (χ1n) is 9.89. The molecule has 0 spiro atoms. The lowest BCUT2D eigenvalue weighted by molar-refractivity contribution is -0.138. The molecule has 7 nitrogen and oxygen atoms in total. The second kappa shape index (κ2) is 8.34. The van der Waals surface area contributed by atoms with Crippen molar-refractivity contribution in [3.05, 3.63) is 58.8 Å². The molecule has 0 saturated heterocycles. The van der Waals surface area contributed by atoms with Crippen LogP contribution in [0.3, 0.4) is 0 Å². The third-order valence-corrected chi connectivity index (χ3v) is 5.68. The fourth-order valence-electron chi connectivity index (χ4n) is 4.14. The van der Waals surface area contributed by atoms with Gasteiger partial charge >= 0.3 is 12.1 Å². The number of methoxy groups -OCH3 is 3. The molecule has 2 aliphatic rings. The van der Waals surface area contributed by atoms with Crippen molar-refractivity contribution in [2.24, 2.45) is 0 Å². The highest BCUT2D eigenvalue weighted by atomic mass is 19.4. The van der Waals surface area contributed by atoms with Crippen LogP contribution in [0.1, 0.15) is 23.5 Å². The average molecular weight is 463 g/mol. The number of nitrogens with zero attached hydrogens (tertiary/aromatic N) is 1. The lowest BCUT2D eigenvalue weighted by Gasteiger charge is -2.32. The van der Waals surface area contributed by atoms with Crippen molar-refractivity contribution >= 4 is 17.6 Å². The number of carbonyl (C=O) groups is 2. The maximum atomic E-state index is 13.2. The number of benzene rings is 2. The average Bonchev–Trinajstić information content (AvgIpc) is 3.18. The van der Waals surface area contributed by atoms with Gasteiger partial charge in [-0.2, -0.15) is 13.2 Å². The maximum Gasteiger partial charge on any atom is 0.416 e. The van der Waals surface area contributed by atoms with Crippen LogP contribution in [0.4, 0.5) is 18.9 Å². The minimum Gasteiger partial charge on any atom is -0.496 e. The second-order valence-electron chi connectivity index (χ2n) is 7.42. The molecule has 0 bridgehead atoms. The van der Waals surface area contributed by atoms with Crippen LogP contribution < -0.4 is 19.1 Å². The highest BCUT2D eigenvalue weighted by Crippen LogP contribution is 2.47. The summed E-state index contributed by atoms with van der Waals surface area (Å²) in [6, 6.07) is 7.42. The molecule has 2 aromatic carbocycles. The minimum atomic E-state index is -4.50. The van der Waals surface area contributed by atoms with Gasteiger partial charge in [-0.3, -0.25) is 9.69 Å². The first-order valence-corrected chi connectivity index (χ1v) is 9.89. The van der Waals surface area contributed by atoms with Crippen LogP contribution in [-0.4, -0.2) is 39.8 Å². The van der Waals surface area contributed by atoms with Gasteiger partial charge in [0.15, 0.2) is 11.5 Å². The van der Waals surface area contributed by atoms with E-state index in [1.165, 1.54) is 38.4 Å². The molecule has 0 aliphatic carbocycles. The smallest absolute Gasteiger partial charge is 0.416 e.